The highest BCUT2D eigenvalue weighted by Gasteiger charge is 2.33. The van der Waals surface area contributed by atoms with Crippen molar-refractivity contribution < 1.29 is 4.79 Å². The van der Waals surface area contributed by atoms with E-state index < -0.39 is 0 Å². The minimum Gasteiger partial charge on any atom is -0.344 e. The topological polar surface area (TPSA) is 46.9 Å². The van der Waals surface area contributed by atoms with Gasteiger partial charge in [0.25, 0.3) is 5.91 Å². The number of nitrogens with zero attached hydrogens (tertiary/aromatic N) is 2. The highest BCUT2D eigenvalue weighted by atomic mass is 79.9. The van der Waals surface area contributed by atoms with Crippen LogP contribution in [0, 0.1) is 0 Å². The maximum atomic E-state index is 11.7. The van der Waals surface area contributed by atoms with Gasteiger partial charge < -0.3 is 5.32 Å². The summed E-state index contributed by atoms with van der Waals surface area (Å²) in [5, 5.41) is 7.37. The third-order valence-corrected chi connectivity index (χ3v) is 3.21. The van der Waals surface area contributed by atoms with Gasteiger partial charge in [-0.05, 0) is 29.8 Å². The van der Waals surface area contributed by atoms with E-state index in [9.17, 15) is 4.79 Å². The third kappa shape index (κ3) is 1.44. The molecular formula is C8H9BrClN3O. The second kappa shape index (κ2) is 2.97. The Morgan fingerprint density at radius 1 is 1.64 bits per heavy atom. The quantitative estimate of drug-likeness (QED) is 0.787. The van der Waals surface area contributed by atoms with Crippen molar-refractivity contribution in [1.29, 1.82) is 0 Å². The second-order valence-electron chi connectivity index (χ2n) is 3.95. The molecule has 1 aliphatic heterocycles. The number of carbonyl (C=O) groups is 1. The number of halogens is 2. The summed E-state index contributed by atoms with van der Waals surface area (Å²) in [7, 11) is 0. The Labute approximate surface area is 94.7 Å². The van der Waals surface area contributed by atoms with Crippen LogP contribution in [0.2, 0.25) is 5.02 Å². The molecule has 14 heavy (non-hydrogen) atoms. The van der Waals surface area contributed by atoms with Gasteiger partial charge in [-0.2, -0.15) is 5.10 Å². The van der Waals surface area contributed by atoms with Crippen molar-refractivity contribution >= 4 is 33.4 Å². The van der Waals surface area contributed by atoms with Gasteiger partial charge in [0.1, 0.15) is 15.3 Å². The molecule has 1 N–H and O–H groups in total. The zero-order valence-electron chi connectivity index (χ0n) is 7.77. The fraction of sp³-hybridized carbons (Fsp3) is 0.500. The summed E-state index contributed by atoms with van der Waals surface area (Å²) >= 11 is 9.12. The number of aromatic nitrogens is 2. The van der Waals surface area contributed by atoms with E-state index in [1.54, 1.807) is 4.68 Å². The Morgan fingerprint density at radius 2 is 2.29 bits per heavy atom. The molecule has 0 aromatic carbocycles. The van der Waals surface area contributed by atoms with Crippen molar-refractivity contribution in [1.82, 2.24) is 15.1 Å². The zero-order chi connectivity index (χ0) is 10.5. The van der Waals surface area contributed by atoms with Gasteiger partial charge in [-0.25, -0.2) is 0 Å². The van der Waals surface area contributed by atoms with E-state index in [1.165, 1.54) is 0 Å². The first-order valence-electron chi connectivity index (χ1n) is 4.15. The third-order valence-electron chi connectivity index (χ3n) is 2.07. The van der Waals surface area contributed by atoms with Crippen molar-refractivity contribution in [3.8, 4) is 0 Å². The van der Waals surface area contributed by atoms with Crippen LogP contribution in [0.3, 0.4) is 0 Å². The molecular weight excluding hydrogens is 269 g/mol. The highest BCUT2D eigenvalue weighted by molar-refractivity contribution is 9.10. The van der Waals surface area contributed by atoms with Gasteiger partial charge in [-0.15, -0.1) is 0 Å². The lowest BCUT2D eigenvalue weighted by Gasteiger charge is -2.31. The van der Waals surface area contributed by atoms with Gasteiger partial charge >= 0.3 is 0 Å². The maximum absolute atomic E-state index is 11.7. The average Bonchev–Trinajstić information content (AvgIpc) is 2.24. The average molecular weight is 279 g/mol. The molecule has 1 amide bonds. The number of nitrogens with one attached hydrogen (secondary N) is 1. The molecule has 76 valence electrons. The molecule has 0 spiro atoms. The fourth-order valence-corrected chi connectivity index (χ4v) is 2.12. The Hall–Kier alpha value is -0.550. The van der Waals surface area contributed by atoms with Crippen molar-refractivity contribution in [2.75, 3.05) is 0 Å². The monoisotopic (exact) mass is 277 g/mol. The summed E-state index contributed by atoms with van der Waals surface area (Å²) in [4.78, 5) is 11.7. The number of hydrogen-bond acceptors (Lipinski definition) is 2. The second-order valence-corrected chi connectivity index (χ2v) is 5.08. The normalized spacial score (nSPS) is 19.0. The lowest BCUT2D eigenvalue weighted by atomic mass is 10.0. The Morgan fingerprint density at radius 3 is 2.93 bits per heavy atom. The molecule has 1 aliphatic rings. The highest BCUT2D eigenvalue weighted by Crippen LogP contribution is 2.29. The lowest BCUT2D eigenvalue weighted by Crippen LogP contribution is -2.51. The SMILES string of the molecule is CC1(C)Cn2nc(Br)c(Cl)c2C(=O)N1. The molecule has 4 nitrogen and oxygen atoms in total. The number of hydrogen-bond donors (Lipinski definition) is 1. The van der Waals surface area contributed by atoms with E-state index in [0.29, 0.717) is 21.9 Å². The Balaban J connectivity index is 2.56. The van der Waals surface area contributed by atoms with E-state index in [1.807, 2.05) is 13.8 Å². The zero-order valence-corrected chi connectivity index (χ0v) is 10.1. The van der Waals surface area contributed by atoms with Crippen molar-refractivity contribution in [2.24, 2.45) is 0 Å². The van der Waals surface area contributed by atoms with Crippen LogP contribution in [0.4, 0.5) is 0 Å². The summed E-state index contributed by atoms with van der Waals surface area (Å²) < 4.78 is 2.15. The van der Waals surface area contributed by atoms with Crippen LogP contribution in [0.25, 0.3) is 0 Å². The van der Waals surface area contributed by atoms with Crippen LogP contribution >= 0.6 is 27.5 Å². The molecule has 6 heteroatoms. The van der Waals surface area contributed by atoms with Gasteiger partial charge in [0.05, 0.1) is 12.1 Å². The van der Waals surface area contributed by atoms with Gasteiger partial charge in [0.2, 0.25) is 0 Å². The number of rotatable bonds is 0. The predicted octanol–water partition coefficient (Wildman–Crippen LogP) is 1.82. The lowest BCUT2D eigenvalue weighted by molar-refractivity contribution is 0.0855. The van der Waals surface area contributed by atoms with Gasteiger partial charge in [0, 0.05) is 0 Å². The molecule has 0 saturated heterocycles. The molecule has 1 aromatic rings. The number of fused-ring (bicyclic) bond motifs is 1. The summed E-state index contributed by atoms with van der Waals surface area (Å²) in [6.07, 6.45) is 0. The minimum absolute atomic E-state index is 0.176. The molecule has 0 atom stereocenters. The summed E-state index contributed by atoms with van der Waals surface area (Å²) in [6, 6.07) is 0. The Kier molecular flexibility index (Phi) is 2.12. The van der Waals surface area contributed by atoms with Crippen molar-refractivity contribution in [3.05, 3.63) is 15.3 Å². The van der Waals surface area contributed by atoms with Crippen LogP contribution in [-0.4, -0.2) is 21.2 Å². The molecule has 0 bridgehead atoms. The van der Waals surface area contributed by atoms with Gasteiger partial charge in [-0.1, -0.05) is 11.6 Å². The van der Waals surface area contributed by atoms with E-state index in [2.05, 4.69) is 26.3 Å². The van der Waals surface area contributed by atoms with E-state index in [0.717, 1.165) is 0 Å². The largest absolute Gasteiger partial charge is 0.344 e. The molecule has 0 fully saturated rings. The maximum Gasteiger partial charge on any atom is 0.271 e. The first-order chi connectivity index (χ1) is 6.41. The molecule has 0 saturated carbocycles. The smallest absolute Gasteiger partial charge is 0.271 e. The molecule has 2 rings (SSSR count). The molecule has 0 radical (unpaired) electrons. The summed E-state index contributed by atoms with van der Waals surface area (Å²) in [5.74, 6) is -0.176. The van der Waals surface area contributed by atoms with E-state index >= 15 is 0 Å². The van der Waals surface area contributed by atoms with E-state index in [4.69, 9.17) is 11.6 Å². The summed E-state index contributed by atoms with van der Waals surface area (Å²) in [6.45, 7) is 4.51. The first-order valence-corrected chi connectivity index (χ1v) is 5.32. The minimum atomic E-state index is -0.279. The van der Waals surface area contributed by atoms with Gasteiger partial charge in [0.15, 0.2) is 0 Å². The number of amides is 1. The molecule has 2 heterocycles. The number of carbonyl (C=O) groups excluding carboxylic acids is 1. The van der Waals surface area contributed by atoms with Crippen molar-refractivity contribution in [2.45, 2.75) is 25.9 Å². The van der Waals surface area contributed by atoms with Crippen molar-refractivity contribution in [3.63, 3.8) is 0 Å². The Bertz CT molecular complexity index is 413. The van der Waals surface area contributed by atoms with Crippen LogP contribution in [-0.2, 0) is 6.54 Å². The molecule has 0 unspecified atom stereocenters. The predicted molar refractivity (Wildman–Crippen MR) is 56.5 cm³/mol. The fourth-order valence-electron chi connectivity index (χ4n) is 1.52. The van der Waals surface area contributed by atoms with Crippen LogP contribution < -0.4 is 5.32 Å². The molecule has 0 aliphatic carbocycles. The first kappa shape index (κ1) is 9.98. The molecule has 1 aromatic heterocycles. The summed E-state index contributed by atoms with van der Waals surface area (Å²) in [5.41, 5.74) is 0.150. The van der Waals surface area contributed by atoms with Crippen LogP contribution in [0.15, 0.2) is 4.60 Å². The van der Waals surface area contributed by atoms with Crippen LogP contribution in [0.5, 0.6) is 0 Å². The van der Waals surface area contributed by atoms with E-state index in [-0.39, 0.29) is 11.4 Å². The van der Waals surface area contributed by atoms with Crippen LogP contribution in [0.1, 0.15) is 24.3 Å². The van der Waals surface area contributed by atoms with Gasteiger partial charge in [-0.3, -0.25) is 9.48 Å². The standard InChI is InChI=1S/C8H9BrClN3O/c1-8(2)3-13-5(7(14)11-8)4(10)6(9)12-13/h3H2,1-2H3,(H,11,14).